The molecule has 0 amide bonds. The number of esters is 3. The molecule has 0 rings (SSSR count). The minimum atomic E-state index is -0.793. The molecule has 0 fully saturated rings. The Hall–Kier alpha value is -4.19. The van der Waals surface area contributed by atoms with Crippen molar-refractivity contribution in [3.05, 3.63) is 122 Å². The Balaban J connectivity index is 4.34. The SMILES string of the molecule is CC/C=C\C/C=C\C/C=C\C/C=C\C/C=C\C/C=C\CCCCCCCCCCCCC(=O)OCC(COC(=O)CCCCCCC/C=C\CCCCCCCCC)OC(=O)CCCCCCCCC/C=C\C/C=C\C/C=C\CC. The van der Waals surface area contributed by atoms with E-state index >= 15 is 0 Å². The maximum Gasteiger partial charge on any atom is 0.306 e. The zero-order chi connectivity index (χ0) is 57.8. The van der Waals surface area contributed by atoms with Crippen LogP contribution in [0.5, 0.6) is 0 Å². The molecule has 0 bridgehead atoms. The first-order chi connectivity index (χ1) is 39.5. The van der Waals surface area contributed by atoms with Gasteiger partial charge in [-0.15, -0.1) is 0 Å². The summed E-state index contributed by atoms with van der Waals surface area (Å²) in [7, 11) is 0. The van der Waals surface area contributed by atoms with Crippen LogP contribution in [0, 0.1) is 0 Å². The maximum atomic E-state index is 12.9. The molecule has 0 aromatic heterocycles. The Bertz CT molecular complexity index is 1650. The van der Waals surface area contributed by atoms with Gasteiger partial charge in [-0.1, -0.05) is 284 Å². The van der Waals surface area contributed by atoms with Crippen LogP contribution >= 0.6 is 0 Å². The van der Waals surface area contributed by atoms with Gasteiger partial charge in [-0.2, -0.15) is 0 Å². The van der Waals surface area contributed by atoms with E-state index in [4.69, 9.17) is 14.2 Å². The van der Waals surface area contributed by atoms with Crippen molar-refractivity contribution >= 4 is 17.9 Å². The van der Waals surface area contributed by atoms with Gasteiger partial charge in [0, 0.05) is 19.3 Å². The van der Waals surface area contributed by atoms with E-state index in [-0.39, 0.29) is 31.1 Å². The molecule has 0 saturated carbocycles. The maximum absolute atomic E-state index is 12.9. The van der Waals surface area contributed by atoms with Crippen molar-refractivity contribution < 1.29 is 28.6 Å². The molecule has 0 saturated heterocycles. The van der Waals surface area contributed by atoms with Crippen LogP contribution in [-0.4, -0.2) is 37.2 Å². The predicted octanol–water partition coefficient (Wildman–Crippen LogP) is 23.2. The second-order valence-electron chi connectivity index (χ2n) is 22.0. The fourth-order valence-electron chi connectivity index (χ4n) is 9.22. The minimum Gasteiger partial charge on any atom is -0.462 e. The summed E-state index contributed by atoms with van der Waals surface area (Å²) in [5, 5.41) is 0. The summed E-state index contributed by atoms with van der Waals surface area (Å²) < 4.78 is 16.9. The molecule has 1 unspecified atom stereocenters. The van der Waals surface area contributed by atoms with Gasteiger partial charge in [0.15, 0.2) is 6.10 Å². The fourth-order valence-corrected chi connectivity index (χ4v) is 9.22. The van der Waals surface area contributed by atoms with E-state index in [2.05, 4.69) is 142 Å². The molecule has 0 aliphatic rings. The minimum absolute atomic E-state index is 0.0880. The van der Waals surface area contributed by atoms with Crippen molar-refractivity contribution in [1.29, 1.82) is 0 Å². The summed E-state index contributed by atoms with van der Waals surface area (Å²) in [4.78, 5) is 38.4. The van der Waals surface area contributed by atoms with Gasteiger partial charge >= 0.3 is 17.9 Å². The summed E-state index contributed by atoms with van der Waals surface area (Å²) in [6.45, 7) is 6.42. The first-order valence-electron chi connectivity index (χ1n) is 33.5. The topological polar surface area (TPSA) is 78.9 Å². The van der Waals surface area contributed by atoms with E-state index in [0.717, 1.165) is 128 Å². The molecule has 1 atom stereocenters. The quantitative estimate of drug-likeness (QED) is 0.0261. The third kappa shape index (κ3) is 64.6. The van der Waals surface area contributed by atoms with Crippen molar-refractivity contribution in [2.45, 2.75) is 316 Å². The first-order valence-corrected chi connectivity index (χ1v) is 33.5. The third-order valence-electron chi connectivity index (χ3n) is 14.2. The second kappa shape index (κ2) is 67.3. The van der Waals surface area contributed by atoms with Crippen LogP contribution in [0.3, 0.4) is 0 Å². The van der Waals surface area contributed by atoms with Gasteiger partial charge in [0.1, 0.15) is 13.2 Å². The molecule has 0 spiro atoms. The van der Waals surface area contributed by atoms with E-state index in [1.807, 2.05) is 0 Å². The first kappa shape index (κ1) is 75.8. The zero-order valence-corrected chi connectivity index (χ0v) is 52.3. The number of hydrogen-bond acceptors (Lipinski definition) is 6. The molecule has 0 aliphatic heterocycles. The summed E-state index contributed by atoms with van der Waals surface area (Å²) >= 11 is 0. The molecule has 0 radical (unpaired) electrons. The van der Waals surface area contributed by atoms with Crippen LogP contribution in [0.15, 0.2) is 122 Å². The Morgan fingerprint density at radius 1 is 0.263 bits per heavy atom. The van der Waals surface area contributed by atoms with Gasteiger partial charge < -0.3 is 14.2 Å². The monoisotopic (exact) mass is 1110 g/mol. The van der Waals surface area contributed by atoms with Gasteiger partial charge in [0.25, 0.3) is 0 Å². The van der Waals surface area contributed by atoms with Gasteiger partial charge in [0.05, 0.1) is 0 Å². The van der Waals surface area contributed by atoms with E-state index < -0.39 is 6.10 Å². The van der Waals surface area contributed by atoms with Crippen molar-refractivity contribution in [3.8, 4) is 0 Å². The van der Waals surface area contributed by atoms with Crippen molar-refractivity contribution in [2.75, 3.05) is 13.2 Å². The highest BCUT2D eigenvalue weighted by atomic mass is 16.6. The van der Waals surface area contributed by atoms with Crippen molar-refractivity contribution in [1.82, 2.24) is 0 Å². The molecule has 0 aromatic rings. The highest BCUT2D eigenvalue weighted by Gasteiger charge is 2.19. The Morgan fingerprint density at radius 3 is 0.775 bits per heavy atom. The number of rotatable bonds is 60. The van der Waals surface area contributed by atoms with Crippen LogP contribution in [-0.2, 0) is 28.6 Å². The van der Waals surface area contributed by atoms with Crippen LogP contribution in [0.1, 0.15) is 310 Å². The van der Waals surface area contributed by atoms with Crippen LogP contribution < -0.4 is 0 Å². The lowest BCUT2D eigenvalue weighted by Gasteiger charge is -2.18. The number of ether oxygens (including phenoxy) is 3. The number of allylic oxidation sites excluding steroid dienone is 20. The average molecular weight is 1110 g/mol. The molecule has 456 valence electrons. The molecule has 0 aliphatic carbocycles. The predicted molar refractivity (Wildman–Crippen MR) is 348 cm³/mol. The van der Waals surface area contributed by atoms with E-state index in [1.54, 1.807) is 0 Å². The molecular weight excluding hydrogens is 985 g/mol. The lowest BCUT2D eigenvalue weighted by Crippen LogP contribution is -2.30. The molecule has 6 heteroatoms. The average Bonchev–Trinajstić information content (AvgIpc) is 3.46. The molecule has 6 nitrogen and oxygen atoms in total. The largest absolute Gasteiger partial charge is 0.462 e. The van der Waals surface area contributed by atoms with Crippen LogP contribution in [0.4, 0.5) is 0 Å². The molecule has 80 heavy (non-hydrogen) atoms. The van der Waals surface area contributed by atoms with E-state index in [1.165, 1.54) is 141 Å². The van der Waals surface area contributed by atoms with Gasteiger partial charge in [-0.05, 0) is 128 Å². The summed E-state index contributed by atoms with van der Waals surface area (Å²) in [6.07, 6.45) is 93.5. The second-order valence-corrected chi connectivity index (χ2v) is 22.0. The highest BCUT2D eigenvalue weighted by molar-refractivity contribution is 5.71. The highest BCUT2D eigenvalue weighted by Crippen LogP contribution is 2.16. The Labute approximate surface area is 494 Å². The summed E-state index contributed by atoms with van der Waals surface area (Å²) in [6, 6.07) is 0. The zero-order valence-electron chi connectivity index (χ0n) is 52.3. The number of carbonyl (C=O) groups is 3. The van der Waals surface area contributed by atoms with Crippen molar-refractivity contribution in [2.24, 2.45) is 0 Å². The third-order valence-corrected chi connectivity index (χ3v) is 14.2. The summed E-state index contributed by atoms with van der Waals surface area (Å²) in [5.41, 5.74) is 0. The van der Waals surface area contributed by atoms with Crippen LogP contribution in [0.2, 0.25) is 0 Å². The van der Waals surface area contributed by atoms with Gasteiger partial charge in [0.2, 0.25) is 0 Å². The molecular formula is C74H124O6. The van der Waals surface area contributed by atoms with E-state index in [0.29, 0.717) is 19.3 Å². The van der Waals surface area contributed by atoms with Crippen LogP contribution in [0.25, 0.3) is 0 Å². The Morgan fingerprint density at radius 2 is 0.487 bits per heavy atom. The standard InChI is InChI=1S/C74H124O6/c1-4-7-10-13-16-19-22-25-28-31-32-33-34-35-36-37-38-39-40-41-42-44-46-49-52-55-58-61-64-67-73(76)79-70-71(69-78-72(75)66-63-60-57-54-51-48-45-30-27-24-21-18-15-12-9-6-3)80-74(77)68-65-62-59-56-53-50-47-43-29-26-23-20-17-14-11-8-5-2/h7-8,10-11,16-17,19-20,25-26,28-30,32-33,35-36,38-39,45,71H,4-6,9,12-15,18,21-24,27,31,34,37,40-44,46-70H2,1-3H3/b10-7-,11-8-,19-16-,20-17-,28-25-,29-26-,33-32-,36-35-,39-38-,45-30-. The molecule has 0 heterocycles. The van der Waals surface area contributed by atoms with E-state index in [9.17, 15) is 14.4 Å². The Kier molecular flexibility index (Phi) is 63.8. The number of hydrogen-bond donors (Lipinski definition) is 0. The fraction of sp³-hybridized carbons (Fsp3) is 0.689. The summed E-state index contributed by atoms with van der Waals surface area (Å²) in [5.74, 6) is -0.902. The lowest BCUT2D eigenvalue weighted by molar-refractivity contribution is -0.167. The number of carbonyl (C=O) groups excluding carboxylic acids is 3. The smallest absolute Gasteiger partial charge is 0.306 e. The van der Waals surface area contributed by atoms with Crippen molar-refractivity contribution in [3.63, 3.8) is 0 Å². The molecule has 0 N–H and O–H groups in total. The normalized spacial score (nSPS) is 12.9. The van der Waals surface area contributed by atoms with Gasteiger partial charge in [-0.25, -0.2) is 0 Å². The molecule has 0 aromatic carbocycles. The number of unbranched alkanes of at least 4 members (excludes halogenated alkanes) is 29. The van der Waals surface area contributed by atoms with Gasteiger partial charge in [-0.3, -0.25) is 14.4 Å². The lowest BCUT2D eigenvalue weighted by atomic mass is 10.1.